The van der Waals surface area contributed by atoms with Gasteiger partial charge in [-0.15, -0.1) is 0 Å². The number of imidazole rings is 1. The first-order chi connectivity index (χ1) is 9.10. The maximum atomic E-state index is 9.74. The van der Waals surface area contributed by atoms with Gasteiger partial charge < -0.3 is 14.9 Å². The highest BCUT2D eigenvalue weighted by Crippen LogP contribution is 2.31. The number of hydrogen-bond acceptors (Lipinski definition) is 6. The first kappa shape index (κ1) is 13.0. The average molecular weight is 305 g/mol. The lowest BCUT2D eigenvalue weighted by Gasteiger charge is -2.13. The monoisotopic (exact) mass is 304 g/mol. The summed E-state index contributed by atoms with van der Waals surface area (Å²) in [6.45, 7) is -0.249. The average Bonchev–Trinajstić information content (AvgIpc) is 2.92. The standard InChI is InChI=1S/C10H10Cl2N4O3/c11-8-7-9(15-10(12)14-8)16(3-13-7)6-1-4(18)5(2-17)19-6/h3-6,17-18H,1-2H2/t4-,5+,6-/m0/s1. The maximum Gasteiger partial charge on any atom is 0.225 e. The van der Waals surface area contributed by atoms with E-state index in [1.165, 1.54) is 6.33 Å². The third-order valence-corrected chi connectivity index (χ3v) is 3.48. The number of hydrogen-bond donors (Lipinski definition) is 2. The molecule has 2 aromatic rings. The van der Waals surface area contributed by atoms with Crippen LogP contribution in [0.1, 0.15) is 12.6 Å². The molecule has 1 fully saturated rings. The summed E-state index contributed by atoms with van der Waals surface area (Å²) in [5.41, 5.74) is 0.845. The Kier molecular flexibility index (Phi) is 3.32. The number of fused-ring (bicyclic) bond motifs is 1. The molecule has 0 bridgehead atoms. The van der Waals surface area contributed by atoms with Crippen LogP contribution in [-0.4, -0.2) is 48.5 Å². The lowest BCUT2D eigenvalue weighted by atomic mass is 10.2. The summed E-state index contributed by atoms with van der Waals surface area (Å²) in [5.74, 6) is 0. The van der Waals surface area contributed by atoms with E-state index >= 15 is 0 Å². The largest absolute Gasteiger partial charge is 0.394 e. The molecule has 0 unspecified atom stereocenters. The van der Waals surface area contributed by atoms with Gasteiger partial charge >= 0.3 is 0 Å². The zero-order valence-corrected chi connectivity index (χ0v) is 11.1. The Balaban J connectivity index is 2.02. The second-order valence-electron chi connectivity index (χ2n) is 4.22. The van der Waals surface area contributed by atoms with E-state index in [1.54, 1.807) is 4.57 Å². The minimum Gasteiger partial charge on any atom is -0.394 e. The first-order valence-electron chi connectivity index (χ1n) is 5.60. The zero-order valence-electron chi connectivity index (χ0n) is 9.57. The van der Waals surface area contributed by atoms with Crippen LogP contribution in [0.25, 0.3) is 11.2 Å². The molecular formula is C10H10Cl2N4O3. The molecule has 2 N–H and O–H groups in total. The van der Waals surface area contributed by atoms with Crippen molar-refractivity contribution in [3.05, 3.63) is 16.8 Å². The molecule has 0 spiro atoms. The Labute approximate surface area is 117 Å². The molecule has 3 rings (SSSR count). The minimum absolute atomic E-state index is 0.0107. The molecule has 0 radical (unpaired) electrons. The highest BCUT2D eigenvalue weighted by molar-refractivity contribution is 6.35. The van der Waals surface area contributed by atoms with Crippen LogP contribution in [0.5, 0.6) is 0 Å². The Morgan fingerprint density at radius 2 is 2.21 bits per heavy atom. The van der Waals surface area contributed by atoms with E-state index in [0.717, 1.165) is 0 Å². The van der Waals surface area contributed by atoms with E-state index in [4.69, 9.17) is 33.0 Å². The minimum atomic E-state index is -0.736. The van der Waals surface area contributed by atoms with E-state index in [-0.39, 0.29) is 17.0 Å². The highest BCUT2D eigenvalue weighted by atomic mass is 35.5. The SMILES string of the molecule is OC[C@H]1O[C@H](n2cnc3c(Cl)nc(Cl)nc32)C[C@@H]1O. The molecule has 9 heteroatoms. The molecule has 3 heterocycles. The van der Waals surface area contributed by atoms with Gasteiger partial charge in [0.1, 0.15) is 17.8 Å². The van der Waals surface area contributed by atoms with E-state index in [9.17, 15) is 5.11 Å². The van der Waals surface area contributed by atoms with Gasteiger partial charge in [0.25, 0.3) is 0 Å². The summed E-state index contributed by atoms with van der Waals surface area (Å²) in [5, 5.41) is 19.0. The third kappa shape index (κ3) is 2.17. The van der Waals surface area contributed by atoms with Gasteiger partial charge in [-0.1, -0.05) is 11.6 Å². The number of aliphatic hydroxyl groups excluding tert-OH is 2. The Hall–Kier alpha value is -0.990. The highest BCUT2D eigenvalue weighted by Gasteiger charge is 2.35. The van der Waals surface area contributed by atoms with Crippen LogP contribution in [0.3, 0.4) is 0 Å². The van der Waals surface area contributed by atoms with Gasteiger partial charge in [-0.25, -0.2) is 9.97 Å². The number of aliphatic hydroxyl groups is 2. The van der Waals surface area contributed by atoms with Crippen molar-refractivity contribution in [3.8, 4) is 0 Å². The van der Waals surface area contributed by atoms with E-state index in [1.807, 2.05) is 0 Å². The van der Waals surface area contributed by atoms with Crippen molar-refractivity contribution in [1.29, 1.82) is 0 Å². The Morgan fingerprint density at radius 1 is 1.42 bits per heavy atom. The van der Waals surface area contributed by atoms with Gasteiger partial charge in [-0.3, -0.25) is 4.57 Å². The molecular weight excluding hydrogens is 295 g/mol. The maximum absolute atomic E-state index is 9.74. The fourth-order valence-electron chi connectivity index (χ4n) is 2.12. The molecule has 19 heavy (non-hydrogen) atoms. The van der Waals surface area contributed by atoms with Gasteiger partial charge in [0.15, 0.2) is 10.8 Å². The van der Waals surface area contributed by atoms with Crippen molar-refractivity contribution >= 4 is 34.4 Å². The van der Waals surface area contributed by atoms with E-state index in [2.05, 4.69) is 15.0 Å². The van der Waals surface area contributed by atoms with Crippen LogP contribution in [0.4, 0.5) is 0 Å². The van der Waals surface area contributed by atoms with Crippen LogP contribution >= 0.6 is 23.2 Å². The lowest BCUT2D eigenvalue weighted by molar-refractivity contribution is -0.0432. The fourth-order valence-corrected chi connectivity index (χ4v) is 2.54. The summed E-state index contributed by atoms with van der Waals surface area (Å²) < 4.78 is 7.15. The number of rotatable bonds is 2. The lowest BCUT2D eigenvalue weighted by Crippen LogP contribution is -2.24. The van der Waals surface area contributed by atoms with Gasteiger partial charge in [-0.05, 0) is 11.6 Å². The van der Waals surface area contributed by atoms with Gasteiger partial charge in [-0.2, -0.15) is 4.98 Å². The van der Waals surface area contributed by atoms with Crippen LogP contribution < -0.4 is 0 Å². The van der Waals surface area contributed by atoms with Crippen LogP contribution in [-0.2, 0) is 4.74 Å². The molecule has 0 amide bonds. The Morgan fingerprint density at radius 3 is 2.89 bits per heavy atom. The molecule has 7 nitrogen and oxygen atoms in total. The fraction of sp³-hybridized carbons (Fsp3) is 0.500. The summed E-state index contributed by atoms with van der Waals surface area (Å²) in [6.07, 6.45) is 0.00360. The predicted octanol–water partition coefficient (Wildman–Crippen LogP) is 0.774. The molecule has 2 aromatic heterocycles. The number of ether oxygens (including phenoxy) is 1. The molecule has 0 aliphatic carbocycles. The van der Waals surface area contributed by atoms with Crippen LogP contribution in [0.15, 0.2) is 6.33 Å². The Bertz CT molecular complexity index is 620. The summed E-state index contributed by atoms with van der Waals surface area (Å²) in [4.78, 5) is 12.0. The molecule has 1 saturated heterocycles. The molecule has 3 atom stereocenters. The topological polar surface area (TPSA) is 93.3 Å². The third-order valence-electron chi connectivity index (χ3n) is 3.05. The number of halogens is 2. The van der Waals surface area contributed by atoms with E-state index in [0.29, 0.717) is 17.6 Å². The molecule has 0 saturated carbocycles. The molecule has 1 aliphatic rings. The summed E-state index contributed by atoms with van der Waals surface area (Å²) >= 11 is 11.7. The van der Waals surface area contributed by atoms with Crippen molar-refractivity contribution in [2.75, 3.05) is 6.61 Å². The van der Waals surface area contributed by atoms with Gasteiger partial charge in [0.05, 0.1) is 19.0 Å². The quantitative estimate of drug-likeness (QED) is 0.629. The van der Waals surface area contributed by atoms with Crippen molar-refractivity contribution in [2.45, 2.75) is 24.9 Å². The summed E-state index contributed by atoms with van der Waals surface area (Å²) in [6, 6.07) is 0. The molecule has 1 aliphatic heterocycles. The first-order valence-corrected chi connectivity index (χ1v) is 6.35. The smallest absolute Gasteiger partial charge is 0.225 e. The number of nitrogens with zero attached hydrogens (tertiary/aromatic N) is 4. The van der Waals surface area contributed by atoms with Crippen LogP contribution in [0.2, 0.25) is 10.4 Å². The van der Waals surface area contributed by atoms with Gasteiger partial charge in [0.2, 0.25) is 5.28 Å². The molecule has 102 valence electrons. The van der Waals surface area contributed by atoms with Crippen molar-refractivity contribution in [3.63, 3.8) is 0 Å². The second kappa shape index (κ2) is 4.84. The zero-order chi connectivity index (χ0) is 13.6. The second-order valence-corrected chi connectivity index (χ2v) is 4.92. The van der Waals surface area contributed by atoms with E-state index < -0.39 is 18.4 Å². The molecule has 0 aromatic carbocycles. The van der Waals surface area contributed by atoms with Gasteiger partial charge in [0, 0.05) is 6.42 Å². The normalized spacial score (nSPS) is 27.3. The predicted molar refractivity (Wildman–Crippen MR) is 67.0 cm³/mol. The number of aromatic nitrogens is 4. The van der Waals surface area contributed by atoms with Crippen molar-refractivity contribution in [1.82, 2.24) is 19.5 Å². The van der Waals surface area contributed by atoms with Crippen LogP contribution in [0, 0.1) is 0 Å². The summed E-state index contributed by atoms with van der Waals surface area (Å²) in [7, 11) is 0. The van der Waals surface area contributed by atoms with Crippen molar-refractivity contribution < 1.29 is 14.9 Å². The van der Waals surface area contributed by atoms with Crippen molar-refractivity contribution in [2.24, 2.45) is 0 Å².